The van der Waals surface area contributed by atoms with Crippen LogP contribution in [0.1, 0.15) is 25.0 Å². The Balaban J connectivity index is 1.07. The maximum atomic E-state index is 5.30. The Hall–Kier alpha value is -6.97. The average Bonchev–Trinajstić information content (AvgIpc) is 3.48. The summed E-state index contributed by atoms with van der Waals surface area (Å²) >= 11 is 0. The van der Waals surface area contributed by atoms with Crippen LogP contribution in [0.5, 0.6) is 0 Å². The summed E-state index contributed by atoms with van der Waals surface area (Å²) in [5.74, 6) is 0.703. The molecular weight excluding hydrogens is 667 g/mol. The molecule has 0 atom stereocenters. The molecule has 0 radical (unpaired) electrons. The van der Waals surface area contributed by atoms with Crippen LogP contribution < -0.4 is 0 Å². The number of nitrogens with zero attached hydrogens (tertiary/aromatic N) is 3. The lowest BCUT2D eigenvalue weighted by Crippen LogP contribution is -2.14. The van der Waals surface area contributed by atoms with Crippen LogP contribution in [0.3, 0.4) is 0 Å². The van der Waals surface area contributed by atoms with Gasteiger partial charge in [-0.2, -0.15) is 0 Å². The standard InChI is InChI=1S/C52H37N3/c1-52(2)45-24-13-12-23-41(45)43-30-44-42(31-47(35-15-6-3-7-16-35)53-50(44)32-46(43)52)40-22-14-21-39(29-40)34-25-27-38(28-26-34)51-54-48(36-17-8-4-9-18-36)33-49(55-51)37-19-10-5-11-20-37/h3-33H,1-2H3. The second-order valence-electron chi connectivity index (χ2n) is 14.9. The van der Waals surface area contributed by atoms with E-state index in [0.717, 1.165) is 66.9 Å². The summed E-state index contributed by atoms with van der Waals surface area (Å²) in [6, 6.07) is 66.6. The fourth-order valence-corrected chi connectivity index (χ4v) is 8.18. The molecule has 2 heterocycles. The van der Waals surface area contributed by atoms with Crippen molar-refractivity contribution < 1.29 is 0 Å². The Morgan fingerprint density at radius 2 is 0.855 bits per heavy atom. The van der Waals surface area contributed by atoms with Gasteiger partial charge < -0.3 is 0 Å². The van der Waals surface area contributed by atoms with Crippen LogP contribution in [-0.4, -0.2) is 15.0 Å². The van der Waals surface area contributed by atoms with Gasteiger partial charge in [0.15, 0.2) is 5.82 Å². The number of benzene rings is 7. The molecule has 0 bridgehead atoms. The van der Waals surface area contributed by atoms with Crippen molar-refractivity contribution in [2.45, 2.75) is 19.3 Å². The van der Waals surface area contributed by atoms with Crippen molar-refractivity contribution in [3.8, 4) is 78.5 Å². The monoisotopic (exact) mass is 703 g/mol. The Labute approximate surface area is 321 Å². The molecule has 0 saturated heterocycles. The summed E-state index contributed by atoms with van der Waals surface area (Å²) in [6.07, 6.45) is 0. The van der Waals surface area contributed by atoms with Crippen molar-refractivity contribution in [1.82, 2.24) is 15.0 Å². The summed E-state index contributed by atoms with van der Waals surface area (Å²) in [6.45, 7) is 4.66. The second-order valence-corrected chi connectivity index (χ2v) is 14.9. The molecule has 3 nitrogen and oxygen atoms in total. The van der Waals surface area contributed by atoms with Gasteiger partial charge in [-0.05, 0) is 74.8 Å². The van der Waals surface area contributed by atoms with Crippen molar-refractivity contribution in [3.63, 3.8) is 0 Å². The molecule has 1 aliphatic rings. The molecule has 9 aromatic rings. The molecule has 0 unspecified atom stereocenters. The molecule has 0 spiro atoms. The van der Waals surface area contributed by atoms with Crippen molar-refractivity contribution in [3.05, 3.63) is 199 Å². The first-order chi connectivity index (χ1) is 27.0. The lowest BCUT2D eigenvalue weighted by atomic mass is 9.82. The third kappa shape index (κ3) is 5.82. The maximum Gasteiger partial charge on any atom is 0.160 e. The summed E-state index contributed by atoms with van der Waals surface area (Å²) < 4.78 is 0. The Morgan fingerprint density at radius 1 is 0.327 bits per heavy atom. The van der Waals surface area contributed by atoms with Crippen LogP contribution in [0.4, 0.5) is 0 Å². The third-order valence-electron chi connectivity index (χ3n) is 11.1. The molecule has 55 heavy (non-hydrogen) atoms. The predicted octanol–water partition coefficient (Wildman–Crippen LogP) is 13.3. The van der Waals surface area contributed by atoms with Crippen molar-refractivity contribution in [2.75, 3.05) is 0 Å². The van der Waals surface area contributed by atoms with E-state index >= 15 is 0 Å². The zero-order chi connectivity index (χ0) is 36.9. The molecule has 2 aromatic heterocycles. The number of hydrogen-bond acceptors (Lipinski definition) is 3. The molecule has 0 amide bonds. The van der Waals surface area contributed by atoms with Gasteiger partial charge in [0.25, 0.3) is 0 Å². The summed E-state index contributed by atoms with van der Waals surface area (Å²) in [4.78, 5) is 15.4. The van der Waals surface area contributed by atoms with E-state index in [2.05, 4.69) is 166 Å². The Kier molecular flexibility index (Phi) is 7.81. The minimum Gasteiger partial charge on any atom is -0.248 e. The van der Waals surface area contributed by atoms with Crippen LogP contribution in [0.2, 0.25) is 0 Å². The van der Waals surface area contributed by atoms with Crippen molar-refractivity contribution in [1.29, 1.82) is 0 Å². The van der Waals surface area contributed by atoms with Gasteiger partial charge in [-0.1, -0.05) is 172 Å². The van der Waals surface area contributed by atoms with E-state index in [1.54, 1.807) is 0 Å². The zero-order valence-electron chi connectivity index (χ0n) is 30.7. The number of pyridine rings is 1. The average molecular weight is 704 g/mol. The minimum atomic E-state index is -0.103. The van der Waals surface area contributed by atoms with Gasteiger partial charge in [0, 0.05) is 33.1 Å². The van der Waals surface area contributed by atoms with Gasteiger partial charge in [-0.3, -0.25) is 0 Å². The molecule has 3 heteroatoms. The maximum absolute atomic E-state index is 5.30. The van der Waals surface area contributed by atoms with Gasteiger partial charge in [-0.15, -0.1) is 0 Å². The number of hydrogen-bond donors (Lipinski definition) is 0. The van der Waals surface area contributed by atoms with E-state index in [0.29, 0.717) is 5.82 Å². The van der Waals surface area contributed by atoms with Crippen LogP contribution in [0, 0.1) is 0 Å². The highest BCUT2D eigenvalue weighted by molar-refractivity contribution is 6.02. The highest BCUT2D eigenvalue weighted by atomic mass is 14.9. The molecule has 0 saturated carbocycles. The van der Waals surface area contributed by atoms with Crippen molar-refractivity contribution >= 4 is 10.9 Å². The van der Waals surface area contributed by atoms with Crippen LogP contribution in [0.15, 0.2) is 188 Å². The first-order valence-electron chi connectivity index (χ1n) is 18.9. The fourth-order valence-electron chi connectivity index (χ4n) is 8.18. The predicted molar refractivity (Wildman–Crippen MR) is 228 cm³/mol. The van der Waals surface area contributed by atoms with E-state index in [9.17, 15) is 0 Å². The Bertz CT molecular complexity index is 2800. The normalized spacial score (nSPS) is 12.7. The zero-order valence-corrected chi connectivity index (χ0v) is 30.7. The van der Waals surface area contributed by atoms with E-state index in [1.165, 1.54) is 27.8 Å². The minimum absolute atomic E-state index is 0.103. The molecule has 10 rings (SSSR count). The number of aromatic nitrogens is 3. The van der Waals surface area contributed by atoms with E-state index in [-0.39, 0.29) is 5.41 Å². The van der Waals surface area contributed by atoms with Crippen LogP contribution in [0.25, 0.3) is 89.4 Å². The Morgan fingerprint density at radius 3 is 1.49 bits per heavy atom. The van der Waals surface area contributed by atoms with Crippen LogP contribution in [-0.2, 0) is 5.41 Å². The van der Waals surface area contributed by atoms with E-state index < -0.39 is 0 Å². The van der Waals surface area contributed by atoms with Crippen molar-refractivity contribution in [2.24, 2.45) is 0 Å². The smallest absolute Gasteiger partial charge is 0.160 e. The van der Waals surface area contributed by atoms with Gasteiger partial charge in [0.2, 0.25) is 0 Å². The highest BCUT2D eigenvalue weighted by Crippen LogP contribution is 2.50. The second kappa shape index (κ2) is 13.2. The molecule has 7 aromatic carbocycles. The van der Waals surface area contributed by atoms with Gasteiger partial charge >= 0.3 is 0 Å². The molecule has 0 aliphatic heterocycles. The first-order valence-corrected chi connectivity index (χ1v) is 18.9. The van der Waals surface area contributed by atoms with Gasteiger partial charge in [0.1, 0.15) is 0 Å². The fraction of sp³-hybridized carbons (Fsp3) is 0.0577. The number of rotatable bonds is 6. The topological polar surface area (TPSA) is 38.7 Å². The summed E-state index contributed by atoms with van der Waals surface area (Å²) in [5, 5.41) is 1.16. The van der Waals surface area contributed by atoms with Gasteiger partial charge in [-0.25, -0.2) is 15.0 Å². The van der Waals surface area contributed by atoms with E-state index in [4.69, 9.17) is 15.0 Å². The molecule has 1 aliphatic carbocycles. The molecule has 0 fully saturated rings. The quantitative estimate of drug-likeness (QED) is 0.173. The summed E-state index contributed by atoms with van der Waals surface area (Å²) in [7, 11) is 0. The highest BCUT2D eigenvalue weighted by Gasteiger charge is 2.35. The summed E-state index contributed by atoms with van der Waals surface area (Å²) in [5.41, 5.74) is 17.8. The molecule has 260 valence electrons. The van der Waals surface area contributed by atoms with E-state index in [1.807, 2.05) is 36.4 Å². The first kappa shape index (κ1) is 32.7. The molecule has 0 N–H and O–H groups in total. The van der Waals surface area contributed by atoms with Gasteiger partial charge in [0.05, 0.1) is 22.6 Å². The molecular formula is C52H37N3. The largest absolute Gasteiger partial charge is 0.248 e. The third-order valence-corrected chi connectivity index (χ3v) is 11.1. The lowest BCUT2D eigenvalue weighted by Gasteiger charge is -2.22. The van der Waals surface area contributed by atoms with Crippen LogP contribution >= 0.6 is 0 Å². The number of fused-ring (bicyclic) bond motifs is 4. The lowest BCUT2D eigenvalue weighted by molar-refractivity contribution is 0.661. The SMILES string of the molecule is CC1(C)c2ccccc2-c2cc3c(-c4cccc(-c5ccc(-c6nc(-c7ccccc7)cc(-c7ccccc7)n6)cc5)c4)cc(-c4ccccc4)nc3cc21.